The fourth-order valence-electron chi connectivity index (χ4n) is 3.03. The van der Waals surface area contributed by atoms with E-state index >= 15 is 0 Å². The van der Waals surface area contributed by atoms with Crippen molar-refractivity contribution in [2.24, 2.45) is 11.8 Å². The second kappa shape index (κ2) is 8.19. The van der Waals surface area contributed by atoms with E-state index in [0.29, 0.717) is 10.7 Å². The summed E-state index contributed by atoms with van der Waals surface area (Å²) in [5.41, 5.74) is 0.698. The van der Waals surface area contributed by atoms with E-state index < -0.39 is 0 Å². The Morgan fingerprint density at radius 2 is 2.05 bits per heavy atom. The first-order valence-electron chi connectivity index (χ1n) is 7.86. The minimum Gasteiger partial charge on any atom is -0.324 e. The fraction of sp³-hybridized carbons (Fsp3) is 0.588. The van der Waals surface area contributed by atoms with Gasteiger partial charge in [-0.15, -0.1) is 0 Å². The van der Waals surface area contributed by atoms with Crippen molar-refractivity contribution in [3.63, 3.8) is 0 Å². The zero-order valence-electron chi connectivity index (χ0n) is 12.5. The van der Waals surface area contributed by atoms with Crippen molar-refractivity contribution in [3.05, 3.63) is 27.7 Å². The molecular formula is C17H23BrClNO. The van der Waals surface area contributed by atoms with Gasteiger partial charge in [-0.2, -0.15) is 0 Å². The van der Waals surface area contributed by atoms with Gasteiger partial charge in [0.05, 0.1) is 10.7 Å². The lowest BCUT2D eigenvalue weighted by Gasteiger charge is -2.27. The van der Waals surface area contributed by atoms with Crippen LogP contribution in [0.2, 0.25) is 5.02 Å². The highest BCUT2D eigenvalue weighted by atomic mass is 79.9. The quantitative estimate of drug-likeness (QED) is 0.671. The molecule has 116 valence electrons. The number of amides is 1. The predicted octanol–water partition coefficient (Wildman–Crippen LogP) is 6.04. The molecule has 1 amide bonds. The molecule has 1 aromatic carbocycles. The van der Waals surface area contributed by atoms with Crippen LogP contribution in [0, 0.1) is 11.8 Å². The summed E-state index contributed by atoms with van der Waals surface area (Å²) in [6.07, 6.45) is 8.28. The van der Waals surface area contributed by atoms with E-state index in [-0.39, 0.29) is 11.8 Å². The third kappa shape index (κ3) is 5.00. The van der Waals surface area contributed by atoms with Crippen LogP contribution in [0.15, 0.2) is 22.7 Å². The Bertz CT molecular complexity index is 484. The van der Waals surface area contributed by atoms with Crippen LogP contribution in [-0.2, 0) is 4.79 Å². The van der Waals surface area contributed by atoms with Crippen LogP contribution in [0.3, 0.4) is 0 Å². The van der Waals surface area contributed by atoms with Crippen molar-refractivity contribution in [2.45, 2.75) is 51.9 Å². The highest BCUT2D eigenvalue weighted by molar-refractivity contribution is 9.10. The van der Waals surface area contributed by atoms with Crippen LogP contribution >= 0.6 is 27.5 Å². The molecule has 1 N–H and O–H groups in total. The monoisotopic (exact) mass is 371 g/mol. The van der Waals surface area contributed by atoms with Crippen LogP contribution in [0.4, 0.5) is 5.69 Å². The van der Waals surface area contributed by atoms with Gasteiger partial charge in [-0.05, 0) is 49.8 Å². The van der Waals surface area contributed by atoms with Crippen molar-refractivity contribution < 1.29 is 4.79 Å². The lowest BCUT2D eigenvalue weighted by molar-refractivity contribution is -0.121. The van der Waals surface area contributed by atoms with Gasteiger partial charge in [-0.1, -0.05) is 53.7 Å². The maximum Gasteiger partial charge on any atom is 0.227 e. The first-order valence-corrected chi connectivity index (χ1v) is 9.03. The summed E-state index contributed by atoms with van der Waals surface area (Å²) in [4.78, 5) is 12.4. The van der Waals surface area contributed by atoms with Gasteiger partial charge >= 0.3 is 0 Å². The largest absolute Gasteiger partial charge is 0.324 e. The maximum absolute atomic E-state index is 12.4. The molecule has 0 saturated heterocycles. The first kappa shape index (κ1) is 16.8. The van der Waals surface area contributed by atoms with E-state index in [4.69, 9.17) is 11.6 Å². The van der Waals surface area contributed by atoms with Gasteiger partial charge in [-0.25, -0.2) is 0 Å². The fourth-order valence-corrected chi connectivity index (χ4v) is 3.56. The topological polar surface area (TPSA) is 29.1 Å². The average Bonchev–Trinajstić information content (AvgIpc) is 2.49. The van der Waals surface area contributed by atoms with Crippen molar-refractivity contribution >= 4 is 39.1 Å². The number of hydrogen-bond acceptors (Lipinski definition) is 1. The van der Waals surface area contributed by atoms with Crippen molar-refractivity contribution in [1.29, 1.82) is 0 Å². The Morgan fingerprint density at radius 3 is 2.71 bits per heavy atom. The molecular weight excluding hydrogens is 350 g/mol. The molecule has 2 nitrogen and oxygen atoms in total. The maximum atomic E-state index is 12.4. The average molecular weight is 373 g/mol. The second-order valence-corrected chi connectivity index (χ2v) is 7.30. The number of nitrogens with one attached hydrogen (secondary N) is 1. The number of unbranched alkanes of at least 4 members (excludes halogenated alkanes) is 1. The first-order chi connectivity index (χ1) is 10.1. The zero-order chi connectivity index (χ0) is 15.2. The molecule has 1 aromatic rings. The lowest BCUT2D eigenvalue weighted by Crippen LogP contribution is -2.27. The summed E-state index contributed by atoms with van der Waals surface area (Å²) in [6, 6.07) is 5.52. The van der Waals surface area contributed by atoms with E-state index in [1.807, 2.05) is 12.1 Å². The summed E-state index contributed by atoms with van der Waals surface area (Å²) < 4.78 is 0.922. The Balaban J connectivity index is 1.86. The molecule has 0 spiro atoms. The molecule has 2 rings (SSSR count). The smallest absolute Gasteiger partial charge is 0.227 e. The molecule has 0 bridgehead atoms. The third-order valence-electron chi connectivity index (χ3n) is 4.37. The Hall–Kier alpha value is -0.540. The molecule has 4 heteroatoms. The van der Waals surface area contributed by atoms with Crippen molar-refractivity contribution in [3.8, 4) is 0 Å². The number of benzene rings is 1. The van der Waals surface area contributed by atoms with Gasteiger partial charge in [0.15, 0.2) is 0 Å². The number of carbonyl (C=O) groups excluding carboxylic acids is 1. The molecule has 1 aliphatic rings. The van der Waals surface area contributed by atoms with Gasteiger partial charge in [0.25, 0.3) is 0 Å². The Labute approximate surface area is 140 Å². The zero-order valence-corrected chi connectivity index (χ0v) is 14.8. The number of hydrogen-bond donors (Lipinski definition) is 1. The van der Waals surface area contributed by atoms with Crippen LogP contribution in [0.25, 0.3) is 0 Å². The number of carbonyl (C=O) groups is 1. The second-order valence-electron chi connectivity index (χ2n) is 5.97. The van der Waals surface area contributed by atoms with Gasteiger partial charge in [0, 0.05) is 10.4 Å². The van der Waals surface area contributed by atoms with Crippen LogP contribution in [-0.4, -0.2) is 5.91 Å². The van der Waals surface area contributed by atoms with E-state index in [1.54, 1.807) is 6.07 Å². The Morgan fingerprint density at radius 1 is 1.33 bits per heavy atom. The van der Waals surface area contributed by atoms with E-state index in [9.17, 15) is 4.79 Å². The van der Waals surface area contributed by atoms with E-state index in [0.717, 1.165) is 23.2 Å². The van der Waals surface area contributed by atoms with Crippen LogP contribution in [0.1, 0.15) is 51.9 Å². The molecule has 0 radical (unpaired) electrons. The van der Waals surface area contributed by atoms with Gasteiger partial charge in [0.2, 0.25) is 5.91 Å². The molecule has 21 heavy (non-hydrogen) atoms. The summed E-state index contributed by atoms with van der Waals surface area (Å²) in [5, 5.41) is 3.56. The van der Waals surface area contributed by atoms with Gasteiger partial charge < -0.3 is 5.32 Å². The van der Waals surface area contributed by atoms with Crippen molar-refractivity contribution in [1.82, 2.24) is 0 Å². The highest BCUT2D eigenvalue weighted by Crippen LogP contribution is 2.33. The molecule has 0 aromatic heterocycles. The third-order valence-corrected chi connectivity index (χ3v) is 5.19. The molecule has 0 unspecified atom stereocenters. The molecule has 1 fully saturated rings. The molecule has 1 saturated carbocycles. The molecule has 0 heterocycles. The summed E-state index contributed by atoms with van der Waals surface area (Å²) in [6.45, 7) is 2.24. The predicted molar refractivity (Wildman–Crippen MR) is 92.8 cm³/mol. The normalized spacial score (nSPS) is 22.0. The Kier molecular flexibility index (Phi) is 6.56. The van der Waals surface area contributed by atoms with Crippen molar-refractivity contribution in [2.75, 3.05) is 5.32 Å². The standard InChI is InChI=1S/C17H23BrClNO/c1-2-3-4-12-5-7-13(8-6-12)17(21)20-16-11-14(18)9-10-15(16)19/h9-13H,2-8H2,1H3,(H,20,21). The van der Waals surface area contributed by atoms with E-state index in [1.165, 1.54) is 32.1 Å². The lowest BCUT2D eigenvalue weighted by atomic mass is 9.79. The molecule has 0 aliphatic heterocycles. The van der Waals surface area contributed by atoms with Gasteiger partial charge in [0.1, 0.15) is 0 Å². The molecule has 0 atom stereocenters. The van der Waals surface area contributed by atoms with Crippen LogP contribution < -0.4 is 5.32 Å². The SMILES string of the molecule is CCCCC1CCC(C(=O)Nc2cc(Br)ccc2Cl)CC1. The number of anilines is 1. The minimum absolute atomic E-state index is 0.115. The van der Waals surface area contributed by atoms with Gasteiger partial charge in [-0.3, -0.25) is 4.79 Å². The summed E-state index contributed by atoms with van der Waals surface area (Å²) >= 11 is 9.53. The molecule has 1 aliphatic carbocycles. The number of halogens is 2. The van der Waals surface area contributed by atoms with E-state index in [2.05, 4.69) is 28.2 Å². The highest BCUT2D eigenvalue weighted by Gasteiger charge is 2.26. The minimum atomic E-state index is 0.115. The number of rotatable bonds is 5. The van der Waals surface area contributed by atoms with Crippen LogP contribution in [0.5, 0.6) is 0 Å². The summed E-state index contributed by atoms with van der Waals surface area (Å²) in [7, 11) is 0. The summed E-state index contributed by atoms with van der Waals surface area (Å²) in [5.74, 6) is 1.07.